The van der Waals surface area contributed by atoms with Crippen molar-refractivity contribution in [1.82, 2.24) is 0 Å². The maximum atomic E-state index is 12.2. The van der Waals surface area contributed by atoms with E-state index >= 15 is 0 Å². The topological polar surface area (TPSA) is 73.9 Å². The van der Waals surface area contributed by atoms with Gasteiger partial charge in [0.05, 0.1) is 13.2 Å². The molecule has 0 saturated carbocycles. The lowest BCUT2D eigenvalue weighted by molar-refractivity contribution is -0.118. The van der Waals surface area contributed by atoms with Crippen molar-refractivity contribution in [3.63, 3.8) is 0 Å². The summed E-state index contributed by atoms with van der Waals surface area (Å²) in [6.45, 7) is 6.54. The molecule has 150 valence electrons. The van der Waals surface area contributed by atoms with Crippen LogP contribution < -0.4 is 19.5 Å². The Balaban J connectivity index is 1.98. The first-order chi connectivity index (χ1) is 13.5. The van der Waals surface area contributed by atoms with Gasteiger partial charge in [0.2, 0.25) is 0 Å². The minimum atomic E-state index is -0.308. The third-order valence-electron chi connectivity index (χ3n) is 3.76. The lowest BCUT2D eigenvalue weighted by Crippen LogP contribution is -2.20. The highest BCUT2D eigenvalue weighted by Crippen LogP contribution is 2.31. The second-order valence-electron chi connectivity index (χ2n) is 6.28. The van der Waals surface area contributed by atoms with Gasteiger partial charge in [-0.1, -0.05) is 26.0 Å². The first kappa shape index (κ1) is 21.3. The number of ketones is 1. The minimum absolute atomic E-state index is 0.0557. The fourth-order valence-corrected chi connectivity index (χ4v) is 2.39. The van der Waals surface area contributed by atoms with Gasteiger partial charge >= 0.3 is 0 Å². The van der Waals surface area contributed by atoms with Crippen molar-refractivity contribution in [2.75, 3.05) is 25.1 Å². The van der Waals surface area contributed by atoms with Crippen LogP contribution in [0.1, 0.15) is 44.0 Å². The predicted octanol–water partition coefficient (Wildman–Crippen LogP) is 4.48. The predicted molar refractivity (Wildman–Crippen MR) is 109 cm³/mol. The molecule has 6 nitrogen and oxygen atoms in total. The highest BCUT2D eigenvalue weighted by Gasteiger charge is 2.10. The van der Waals surface area contributed by atoms with Crippen molar-refractivity contribution in [1.29, 1.82) is 0 Å². The monoisotopic (exact) mass is 385 g/mol. The molecule has 0 heterocycles. The van der Waals surface area contributed by atoms with E-state index in [2.05, 4.69) is 5.32 Å². The van der Waals surface area contributed by atoms with Gasteiger partial charge in [0.1, 0.15) is 5.75 Å². The Bertz CT molecular complexity index is 803. The van der Waals surface area contributed by atoms with Crippen molar-refractivity contribution in [3.8, 4) is 17.2 Å². The standard InChI is InChI=1S/C22H27NO5/c1-4-11-26-20-10-9-18(14-21(20)27-12-5-2)23-22(25)15-28-19-8-6-7-17(13-19)16(3)24/h6-10,13-14H,4-5,11-12,15H2,1-3H3,(H,23,25). The smallest absolute Gasteiger partial charge is 0.262 e. The number of hydrogen-bond acceptors (Lipinski definition) is 5. The van der Waals surface area contributed by atoms with Crippen LogP contribution >= 0.6 is 0 Å². The van der Waals surface area contributed by atoms with E-state index in [4.69, 9.17) is 14.2 Å². The SMILES string of the molecule is CCCOc1ccc(NC(=O)COc2cccc(C(C)=O)c2)cc1OCCC. The summed E-state index contributed by atoms with van der Waals surface area (Å²) in [5.74, 6) is 1.36. The molecule has 0 saturated heterocycles. The van der Waals surface area contributed by atoms with E-state index in [1.54, 1.807) is 42.5 Å². The van der Waals surface area contributed by atoms with Crippen molar-refractivity contribution in [2.45, 2.75) is 33.6 Å². The van der Waals surface area contributed by atoms with E-state index < -0.39 is 0 Å². The molecule has 2 rings (SSSR count). The van der Waals surface area contributed by atoms with Crippen molar-refractivity contribution >= 4 is 17.4 Å². The van der Waals surface area contributed by atoms with Crippen LogP contribution in [0.3, 0.4) is 0 Å². The molecule has 0 spiro atoms. The Morgan fingerprint density at radius 2 is 1.61 bits per heavy atom. The van der Waals surface area contributed by atoms with Crippen LogP contribution in [-0.4, -0.2) is 31.5 Å². The fraction of sp³-hybridized carbons (Fsp3) is 0.364. The quantitative estimate of drug-likeness (QED) is 0.577. The van der Waals surface area contributed by atoms with E-state index in [1.165, 1.54) is 6.92 Å². The molecule has 0 aliphatic rings. The molecule has 0 aliphatic carbocycles. The van der Waals surface area contributed by atoms with Crippen LogP contribution in [0.2, 0.25) is 0 Å². The van der Waals surface area contributed by atoms with Gasteiger partial charge in [0, 0.05) is 17.3 Å². The van der Waals surface area contributed by atoms with Crippen LogP contribution in [0, 0.1) is 0 Å². The number of carbonyl (C=O) groups excluding carboxylic acids is 2. The molecule has 0 radical (unpaired) electrons. The zero-order valence-electron chi connectivity index (χ0n) is 16.6. The number of carbonyl (C=O) groups is 2. The molecule has 0 aliphatic heterocycles. The van der Waals surface area contributed by atoms with E-state index in [9.17, 15) is 9.59 Å². The van der Waals surface area contributed by atoms with Crippen LogP contribution in [0.15, 0.2) is 42.5 Å². The molecule has 0 bridgehead atoms. The maximum Gasteiger partial charge on any atom is 0.262 e. The second-order valence-corrected chi connectivity index (χ2v) is 6.28. The molecule has 2 aromatic rings. The maximum absolute atomic E-state index is 12.2. The summed E-state index contributed by atoms with van der Waals surface area (Å²) in [4.78, 5) is 23.6. The molecule has 0 fully saturated rings. The second kappa shape index (κ2) is 11.0. The number of amides is 1. The Labute approximate surface area is 165 Å². The lowest BCUT2D eigenvalue weighted by Gasteiger charge is -2.14. The Morgan fingerprint density at radius 3 is 2.29 bits per heavy atom. The number of ether oxygens (including phenoxy) is 3. The summed E-state index contributed by atoms with van der Waals surface area (Å²) in [7, 11) is 0. The molecule has 0 unspecified atom stereocenters. The number of rotatable bonds is 11. The van der Waals surface area contributed by atoms with Gasteiger partial charge in [-0.15, -0.1) is 0 Å². The Kier molecular flexibility index (Phi) is 8.34. The van der Waals surface area contributed by atoms with Crippen LogP contribution in [-0.2, 0) is 4.79 Å². The molecule has 28 heavy (non-hydrogen) atoms. The summed E-state index contributed by atoms with van der Waals surface area (Å²) >= 11 is 0. The summed E-state index contributed by atoms with van der Waals surface area (Å²) in [5.41, 5.74) is 1.14. The molecule has 1 amide bonds. The van der Waals surface area contributed by atoms with Gasteiger partial charge in [-0.3, -0.25) is 9.59 Å². The number of benzene rings is 2. The van der Waals surface area contributed by atoms with Gasteiger partial charge in [0.25, 0.3) is 5.91 Å². The first-order valence-electron chi connectivity index (χ1n) is 9.46. The summed E-state index contributed by atoms with van der Waals surface area (Å²) < 4.78 is 16.9. The fourth-order valence-electron chi connectivity index (χ4n) is 2.39. The van der Waals surface area contributed by atoms with Crippen LogP contribution in [0.5, 0.6) is 17.2 Å². The van der Waals surface area contributed by atoms with Crippen LogP contribution in [0.25, 0.3) is 0 Å². The van der Waals surface area contributed by atoms with Gasteiger partial charge in [-0.2, -0.15) is 0 Å². The molecule has 1 N–H and O–H groups in total. The summed E-state index contributed by atoms with van der Waals surface area (Å²) in [6, 6.07) is 12.0. The van der Waals surface area contributed by atoms with E-state index in [0.29, 0.717) is 41.7 Å². The van der Waals surface area contributed by atoms with E-state index in [0.717, 1.165) is 12.8 Å². The zero-order chi connectivity index (χ0) is 20.4. The number of anilines is 1. The highest BCUT2D eigenvalue weighted by atomic mass is 16.5. The van der Waals surface area contributed by atoms with Gasteiger partial charge in [0.15, 0.2) is 23.9 Å². The largest absolute Gasteiger partial charge is 0.490 e. The highest BCUT2D eigenvalue weighted by molar-refractivity contribution is 5.94. The van der Waals surface area contributed by atoms with Gasteiger partial charge in [-0.05, 0) is 44.0 Å². The number of nitrogens with one attached hydrogen (secondary N) is 1. The van der Waals surface area contributed by atoms with Gasteiger partial charge < -0.3 is 19.5 Å². The van der Waals surface area contributed by atoms with Crippen LogP contribution in [0.4, 0.5) is 5.69 Å². The normalized spacial score (nSPS) is 10.2. The summed E-state index contributed by atoms with van der Waals surface area (Å²) in [5, 5.41) is 2.78. The van der Waals surface area contributed by atoms with E-state index in [1.807, 2.05) is 13.8 Å². The molecular weight excluding hydrogens is 358 g/mol. The van der Waals surface area contributed by atoms with Crippen molar-refractivity contribution in [2.24, 2.45) is 0 Å². The molecule has 0 aromatic heterocycles. The Morgan fingerprint density at radius 1 is 0.893 bits per heavy atom. The van der Waals surface area contributed by atoms with Crippen molar-refractivity contribution in [3.05, 3.63) is 48.0 Å². The average Bonchev–Trinajstić information content (AvgIpc) is 2.70. The average molecular weight is 385 g/mol. The molecule has 6 heteroatoms. The zero-order valence-corrected chi connectivity index (χ0v) is 16.6. The number of hydrogen-bond donors (Lipinski definition) is 1. The third-order valence-corrected chi connectivity index (χ3v) is 3.76. The van der Waals surface area contributed by atoms with E-state index in [-0.39, 0.29) is 18.3 Å². The first-order valence-corrected chi connectivity index (χ1v) is 9.46. The number of Topliss-reactive ketones (excluding diaryl/α,β-unsaturated/α-hetero) is 1. The molecule has 0 atom stereocenters. The lowest BCUT2D eigenvalue weighted by atomic mass is 10.1. The van der Waals surface area contributed by atoms with Crippen molar-refractivity contribution < 1.29 is 23.8 Å². The Hall–Kier alpha value is -3.02. The molecule has 2 aromatic carbocycles. The minimum Gasteiger partial charge on any atom is -0.490 e. The molecular formula is C22H27NO5. The third kappa shape index (κ3) is 6.61. The van der Waals surface area contributed by atoms with Gasteiger partial charge in [-0.25, -0.2) is 0 Å². The summed E-state index contributed by atoms with van der Waals surface area (Å²) in [6.07, 6.45) is 1.77.